The van der Waals surface area contributed by atoms with Gasteiger partial charge in [-0.25, -0.2) is 8.78 Å². The first-order chi connectivity index (χ1) is 20.0. The van der Waals surface area contributed by atoms with Gasteiger partial charge in [0, 0.05) is 25.6 Å². The molecule has 0 atom stereocenters. The molecule has 0 radical (unpaired) electrons. The van der Waals surface area contributed by atoms with Crippen molar-refractivity contribution in [2.24, 2.45) is 0 Å². The molecule has 5 aromatic rings. The Morgan fingerprint density at radius 3 is 2.00 bits per heavy atom. The van der Waals surface area contributed by atoms with Gasteiger partial charge in [-0.3, -0.25) is 9.69 Å². The number of hydrogen-bond donors (Lipinski definition) is 1. The van der Waals surface area contributed by atoms with E-state index in [1.807, 2.05) is 42.5 Å². The number of amides is 1. The van der Waals surface area contributed by atoms with E-state index < -0.39 is 0 Å². The standard InChI is InChI=1S/C35H32F2N2O2/c36-30-16-14-26(15-17-30)23-39(24-27-8-7-13-31(37)22-27)25-32-18-19-34(41-32)35(40)38-21-20-33(28-9-3-1-4-10-28)29-11-5-2-6-12-29/h1-19,22,33H,20-21,23-25H2,(H,38,40). The van der Waals surface area contributed by atoms with Crippen molar-refractivity contribution in [3.8, 4) is 0 Å². The van der Waals surface area contributed by atoms with E-state index in [4.69, 9.17) is 4.42 Å². The number of benzene rings is 4. The van der Waals surface area contributed by atoms with Crippen LogP contribution in [0.2, 0.25) is 0 Å². The molecular formula is C35H32F2N2O2. The number of carbonyl (C=O) groups excluding carboxylic acids is 1. The topological polar surface area (TPSA) is 45.5 Å². The Balaban J connectivity index is 1.23. The van der Waals surface area contributed by atoms with Crippen LogP contribution in [0.5, 0.6) is 0 Å². The van der Waals surface area contributed by atoms with Gasteiger partial charge in [0.2, 0.25) is 0 Å². The molecule has 1 heterocycles. The van der Waals surface area contributed by atoms with Gasteiger partial charge < -0.3 is 9.73 Å². The highest BCUT2D eigenvalue weighted by atomic mass is 19.1. The lowest BCUT2D eigenvalue weighted by atomic mass is 9.88. The number of hydrogen-bond acceptors (Lipinski definition) is 3. The Morgan fingerprint density at radius 1 is 0.683 bits per heavy atom. The molecule has 41 heavy (non-hydrogen) atoms. The van der Waals surface area contributed by atoms with Gasteiger partial charge >= 0.3 is 0 Å². The van der Waals surface area contributed by atoms with Gasteiger partial charge in [0.1, 0.15) is 17.4 Å². The zero-order chi connectivity index (χ0) is 28.4. The second kappa shape index (κ2) is 13.7. The Morgan fingerprint density at radius 2 is 1.34 bits per heavy atom. The number of furan rings is 1. The molecule has 0 aliphatic rings. The van der Waals surface area contributed by atoms with Crippen molar-refractivity contribution in [1.29, 1.82) is 0 Å². The zero-order valence-corrected chi connectivity index (χ0v) is 22.7. The molecule has 0 bridgehead atoms. The SMILES string of the molecule is O=C(NCCC(c1ccccc1)c1ccccc1)c1ccc(CN(Cc2ccc(F)cc2)Cc2cccc(F)c2)o1. The van der Waals surface area contributed by atoms with Crippen LogP contribution in [0.25, 0.3) is 0 Å². The van der Waals surface area contributed by atoms with Crippen molar-refractivity contribution in [3.63, 3.8) is 0 Å². The highest BCUT2D eigenvalue weighted by molar-refractivity contribution is 5.91. The van der Waals surface area contributed by atoms with E-state index in [2.05, 4.69) is 34.5 Å². The molecule has 0 aliphatic heterocycles. The monoisotopic (exact) mass is 550 g/mol. The molecule has 6 heteroatoms. The maximum atomic E-state index is 13.8. The summed E-state index contributed by atoms with van der Waals surface area (Å²) in [5, 5.41) is 3.00. The van der Waals surface area contributed by atoms with Crippen LogP contribution in [-0.4, -0.2) is 17.4 Å². The zero-order valence-electron chi connectivity index (χ0n) is 22.7. The Kier molecular flexibility index (Phi) is 9.34. The molecule has 5 rings (SSSR count). The molecular weight excluding hydrogens is 518 g/mol. The summed E-state index contributed by atoms with van der Waals surface area (Å²) in [5.41, 5.74) is 4.13. The summed E-state index contributed by atoms with van der Waals surface area (Å²) in [6.07, 6.45) is 0.742. The first-order valence-corrected chi connectivity index (χ1v) is 13.7. The van der Waals surface area contributed by atoms with Crippen molar-refractivity contribution in [2.75, 3.05) is 6.54 Å². The van der Waals surface area contributed by atoms with Crippen LogP contribution in [0.4, 0.5) is 8.78 Å². The van der Waals surface area contributed by atoms with Crippen molar-refractivity contribution >= 4 is 5.91 Å². The van der Waals surface area contributed by atoms with Crippen LogP contribution in [0.15, 0.2) is 126 Å². The quantitative estimate of drug-likeness (QED) is 0.173. The minimum absolute atomic E-state index is 0.160. The number of nitrogens with one attached hydrogen (secondary N) is 1. The highest BCUT2D eigenvalue weighted by Gasteiger charge is 2.17. The molecule has 4 nitrogen and oxygen atoms in total. The van der Waals surface area contributed by atoms with E-state index in [-0.39, 0.29) is 29.2 Å². The van der Waals surface area contributed by atoms with Crippen LogP contribution < -0.4 is 5.32 Å². The van der Waals surface area contributed by atoms with E-state index in [9.17, 15) is 13.6 Å². The van der Waals surface area contributed by atoms with Gasteiger partial charge in [-0.1, -0.05) is 84.9 Å². The summed E-state index contributed by atoms with van der Waals surface area (Å²) >= 11 is 0. The average Bonchev–Trinajstić information content (AvgIpc) is 3.46. The van der Waals surface area contributed by atoms with Crippen molar-refractivity contribution < 1.29 is 18.0 Å². The van der Waals surface area contributed by atoms with Gasteiger partial charge in [-0.2, -0.15) is 0 Å². The molecule has 0 spiro atoms. The maximum Gasteiger partial charge on any atom is 0.286 e. The fourth-order valence-corrected chi connectivity index (χ4v) is 5.03. The predicted octanol–water partition coefficient (Wildman–Crippen LogP) is 7.71. The third kappa shape index (κ3) is 7.99. The normalized spacial score (nSPS) is 11.2. The third-order valence-corrected chi connectivity index (χ3v) is 7.00. The lowest BCUT2D eigenvalue weighted by Gasteiger charge is -2.21. The molecule has 0 saturated carbocycles. The smallest absolute Gasteiger partial charge is 0.286 e. The van der Waals surface area contributed by atoms with Gasteiger partial charge in [0.05, 0.1) is 6.54 Å². The fraction of sp³-hybridized carbons (Fsp3) is 0.171. The summed E-state index contributed by atoms with van der Waals surface area (Å²) < 4.78 is 33.2. The van der Waals surface area contributed by atoms with Crippen LogP contribution in [0.3, 0.4) is 0 Å². The first kappa shape index (κ1) is 28.0. The number of carbonyl (C=O) groups is 1. The highest BCUT2D eigenvalue weighted by Crippen LogP contribution is 2.27. The summed E-state index contributed by atoms with van der Waals surface area (Å²) in [6.45, 7) is 1.84. The first-order valence-electron chi connectivity index (χ1n) is 13.7. The lowest BCUT2D eigenvalue weighted by molar-refractivity contribution is 0.0920. The summed E-state index contributed by atoms with van der Waals surface area (Å²) in [7, 11) is 0. The molecule has 0 unspecified atom stereocenters. The minimum atomic E-state index is -0.303. The van der Waals surface area contributed by atoms with Crippen molar-refractivity contribution in [3.05, 3.63) is 167 Å². The second-order valence-electron chi connectivity index (χ2n) is 10.1. The number of rotatable bonds is 12. The largest absolute Gasteiger partial charge is 0.455 e. The summed E-state index contributed by atoms with van der Waals surface area (Å²) in [5.74, 6) is 0.136. The number of halogens is 2. The molecule has 1 aromatic heterocycles. The average molecular weight is 551 g/mol. The van der Waals surface area contributed by atoms with E-state index in [1.165, 1.54) is 35.4 Å². The Bertz CT molecular complexity index is 1500. The molecule has 208 valence electrons. The molecule has 4 aromatic carbocycles. The second-order valence-corrected chi connectivity index (χ2v) is 10.1. The summed E-state index contributed by atoms with van der Waals surface area (Å²) in [6, 6.07) is 36.8. The molecule has 0 aliphatic carbocycles. The van der Waals surface area contributed by atoms with Crippen LogP contribution in [0.1, 0.15) is 50.9 Å². The molecule has 1 amide bonds. The molecule has 0 saturated heterocycles. The summed E-state index contributed by atoms with van der Waals surface area (Å²) in [4.78, 5) is 15.0. The fourth-order valence-electron chi connectivity index (χ4n) is 5.03. The predicted molar refractivity (Wildman–Crippen MR) is 156 cm³/mol. The lowest BCUT2D eigenvalue weighted by Crippen LogP contribution is -2.25. The number of nitrogens with zero attached hydrogens (tertiary/aromatic N) is 1. The third-order valence-electron chi connectivity index (χ3n) is 7.00. The van der Waals surface area contributed by atoms with Crippen molar-refractivity contribution in [1.82, 2.24) is 10.2 Å². The van der Waals surface area contributed by atoms with E-state index >= 15 is 0 Å². The van der Waals surface area contributed by atoms with Crippen LogP contribution >= 0.6 is 0 Å². The molecule has 0 fully saturated rings. The Hall–Kier alpha value is -4.55. The van der Waals surface area contributed by atoms with E-state index in [0.29, 0.717) is 31.9 Å². The van der Waals surface area contributed by atoms with Crippen LogP contribution in [-0.2, 0) is 19.6 Å². The van der Waals surface area contributed by atoms with Gasteiger partial charge in [0.25, 0.3) is 5.91 Å². The molecule has 1 N–H and O–H groups in total. The van der Waals surface area contributed by atoms with E-state index in [0.717, 1.165) is 17.5 Å². The van der Waals surface area contributed by atoms with E-state index in [1.54, 1.807) is 30.3 Å². The maximum absolute atomic E-state index is 13.8. The Labute approximate surface area is 239 Å². The van der Waals surface area contributed by atoms with Crippen LogP contribution in [0, 0.1) is 11.6 Å². The van der Waals surface area contributed by atoms with Gasteiger partial charge in [-0.15, -0.1) is 0 Å². The van der Waals surface area contributed by atoms with Gasteiger partial charge in [-0.05, 0) is 65.1 Å². The van der Waals surface area contributed by atoms with Gasteiger partial charge in [0.15, 0.2) is 5.76 Å². The minimum Gasteiger partial charge on any atom is -0.455 e. The van der Waals surface area contributed by atoms with Crippen molar-refractivity contribution in [2.45, 2.75) is 32.0 Å².